The van der Waals surface area contributed by atoms with E-state index in [1.165, 1.54) is 82.2 Å². The lowest BCUT2D eigenvalue weighted by Crippen LogP contribution is -2.10. The molecule has 0 aliphatic heterocycles. The Balaban J connectivity index is 1.22. The van der Waals surface area contributed by atoms with E-state index in [1.807, 2.05) is 0 Å². The van der Waals surface area contributed by atoms with Gasteiger partial charge < -0.3 is 4.90 Å². The van der Waals surface area contributed by atoms with Gasteiger partial charge in [0.25, 0.3) is 0 Å². The van der Waals surface area contributed by atoms with Crippen molar-refractivity contribution >= 4 is 71.8 Å². The maximum Gasteiger partial charge on any atom is 0.0540 e. The molecule has 0 saturated heterocycles. The van der Waals surface area contributed by atoms with Gasteiger partial charge in [0.05, 0.1) is 5.69 Å². The summed E-state index contributed by atoms with van der Waals surface area (Å²) in [6.45, 7) is 6.43. The molecule has 9 aromatic carbocycles. The lowest BCUT2D eigenvalue weighted by molar-refractivity contribution is 1.29. The molecule has 0 heterocycles. The average Bonchev–Trinajstić information content (AvgIpc) is 3.15. The van der Waals surface area contributed by atoms with Crippen LogP contribution in [-0.4, -0.2) is 0 Å². The zero-order valence-electron chi connectivity index (χ0n) is 28.6. The van der Waals surface area contributed by atoms with Crippen molar-refractivity contribution in [2.45, 2.75) is 20.8 Å². The lowest BCUT2D eigenvalue weighted by Gasteiger charge is -2.28. The summed E-state index contributed by atoms with van der Waals surface area (Å²) < 4.78 is 0. The highest BCUT2D eigenvalue weighted by atomic mass is 15.1. The molecule has 0 saturated carbocycles. The highest BCUT2D eigenvalue weighted by molar-refractivity contribution is 6.34. The lowest BCUT2D eigenvalue weighted by atomic mass is 9.89. The Kier molecular flexibility index (Phi) is 7.21. The van der Waals surface area contributed by atoms with Crippen molar-refractivity contribution in [2.75, 3.05) is 4.90 Å². The van der Waals surface area contributed by atoms with E-state index in [1.54, 1.807) is 0 Å². The van der Waals surface area contributed by atoms with Gasteiger partial charge in [0, 0.05) is 16.8 Å². The van der Waals surface area contributed by atoms with E-state index in [-0.39, 0.29) is 0 Å². The minimum Gasteiger partial charge on any atom is -0.310 e. The normalized spacial score (nSPS) is 11.5. The number of hydrogen-bond acceptors (Lipinski definition) is 1. The van der Waals surface area contributed by atoms with E-state index in [0.29, 0.717) is 0 Å². The van der Waals surface area contributed by atoms with Crippen molar-refractivity contribution in [1.82, 2.24) is 0 Å². The first-order valence-electron chi connectivity index (χ1n) is 17.4. The zero-order chi connectivity index (χ0) is 33.8. The first-order chi connectivity index (χ1) is 24.5. The minimum absolute atomic E-state index is 1.12. The third kappa shape index (κ3) is 5.11. The molecular weight excluding hydrogens is 603 g/mol. The van der Waals surface area contributed by atoms with Crippen molar-refractivity contribution in [3.63, 3.8) is 0 Å². The second-order valence-corrected chi connectivity index (χ2v) is 13.6. The molecule has 0 bridgehead atoms. The predicted octanol–water partition coefficient (Wildman–Crippen LogP) is 13.7. The first-order valence-corrected chi connectivity index (χ1v) is 17.4. The second kappa shape index (κ2) is 12.1. The van der Waals surface area contributed by atoms with Gasteiger partial charge in [-0.2, -0.15) is 0 Å². The fraction of sp³-hybridized carbons (Fsp3) is 0.0612. The quantitative estimate of drug-likeness (QED) is 0.0994. The van der Waals surface area contributed by atoms with Gasteiger partial charge in [0.1, 0.15) is 0 Å². The second-order valence-electron chi connectivity index (χ2n) is 13.6. The summed E-state index contributed by atoms with van der Waals surface area (Å²) in [5.41, 5.74) is 12.0. The van der Waals surface area contributed by atoms with E-state index in [0.717, 1.165) is 16.9 Å². The monoisotopic (exact) mass is 639 g/mol. The Morgan fingerprint density at radius 1 is 0.400 bits per heavy atom. The number of hydrogen-bond donors (Lipinski definition) is 0. The molecule has 0 amide bonds. The molecule has 0 aliphatic carbocycles. The molecule has 1 heteroatoms. The summed E-state index contributed by atoms with van der Waals surface area (Å²) in [5, 5.41) is 10.4. The zero-order valence-corrected chi connectivity index (χ0v) is 28.6. The number of rotatable bonds is 6. The van der Waals surface area contributed by atoms with E-state index in [9.17, 15) is 0 Å². The Morgan fingerprint density at radius 2 is 0.840 bits per heavy atom. The highest BCUT2D eigenvalue weighted by Gasteiger charge is 2.19. The molecule has 0 fully saturated rings. The van der Waals surface area contributed by atoms with E-state index in [4.69, 9.17) is 0 Å². The summed E-state index contributed by atoms with van der Waals surface area (Å²) in [5.74, 6) is 0. The molecule has 0 unspecified atom stereocenters. The standard InChI is InChI=1S/C49H37N/c1-32-13-21-36(22-14-32)46(37-23-15-33(2)16-24-37)31-35-19-27-40(28-20-35)50(39-25-17-34(3)18-26-39)47-30-29-44-42-10-5-8-38-7-4-9-41(48(38)42)43-11-6-12-45(47)49(43)44/h4-31H,1-3H3. The van der Waals surface area contributed by atoms with Crippen LogP contribution in [0.1, 0.15) is 33.4 Å². The molecule has 0 aromatic heterocycles. The Bertz CT molecular complexity index is 2580. The van der Waals surface area contributed by atoms with Crippen molar-refractivity contribution < 1.29 is 0 Å². The van der Waals surface area contributed by atoms with Crippen LogP contribution in [0, 0.1) is 20.8 Å². The SMILES string of the molecule is Cc1ccc(C(=Cc2ccc(N(c3ccc(C)cc3)c3ccc4c5cccc6cccc(c7cccc3c74)c65)cc2)c2ccc(C)cc2)cc1. The van der Waals surface area contributed by atoms with Crippen LogP contribution in [0.4, 0.5) is 17.1 Å². The summed E-state index contributed by atoms with van der Waals surface area (Å²) in [6, 6.07) is 60.4. The predicted molar refractivity (Wildman–Crippen MR) is 216 cm³/mol. The summed E-state index contributed by atoms with van der Waals surface area (Å²) in [4.78, 5) is 2.41. The average molecular weight is 640 g/mol. The maximum atomic E-state index is 2.41. The van der Waals surface area contributed by atoms with Crippen molar-refractivity contribution in [2.24, 2.45) is 0 Å². The van der Waals surface area contributed by atoms with Gasteiger partial charge in [-0.3, -0.25) is 0 Å². The van der Waals surface area contributed by atoms with Crippen LogP contribution >= 0.6 is 0 Å². The van der Waals surface area contributed by atoms with Crippen LogP contribution in [0.15, 0.2) is 164 Å². The van der Waals surface area contributed by atoms with Crippen LogP contribution in [0.5, 0.6) is 0 Å². The smallest absolute Gasteiger partial charge is 0.0540 e. The van der Waals surface area contributed by atoms with Crippen molar-refractivity contribution in [3.8, 4) is 0 Å². The van der Waals surface area contributed by atoms with Gasteiger partial charge in [-0.05, 0) is 117 Å². The molecule has 238 valence electrons. The number of benzene rings is 9. The van der Waals surface area contributed by atoms with E-state index in [2.05, 4.69) is 196 Å². The van der Waals surface area contributed by atoms with Gasteiger partial charge in [0.15, 0.2) is 0 Å². The number of fused-ring (bicyclic) bond motifs is 2. The van der Waals surface area contributed by atoms with Gasteiger partial charge >= 0.3 is 0 Å². The van der Waals surface area contributed by atoms with Crippen molar-refractivity contribution in [1.29, 1.82) is 0 Å². The van der Waals surface area contributed by atoms with Crippen LogP contribution in [0.3, 0.4) is 0 Å². The molecule has 0 N–H and O–H groups in total. The van der Waals surface area contributed by atoms with Gasteiger partial charge in [0.2, 0.25) is 0 Å². The van der Waals surface area contributed by atoms with Gasteiger partial charge in [-0.25, -0.2) is 0 Å². The highest BCUT2D eigenvalue weighted by Crippen LogP contribution is 2.46. The molecule has 0 aliphatic rings. The Hall–Kier alpha value is -6.18. The Labute approximate surface area is 293 Å². The molecule has 50 heavy (non-hydrogen) atoms. The number of aryl methyl sites for hydroxylation is 3. The summed E-state index contributed by atoms with van der Waals surface area (Å²) >= 11 is 0. The molecule has 9 aromatic rings. The number of nitrogens with zero attached hydrogens (tertiary/aromatic N) is 1. The third-order valence-corrected chi connectivity index (χ3v) is 10.2. The number of anilines is 3. The van der Waals surface area contributed by atoms with Crippen LogP contribution < -0.4 is 4.90 Å². The molecule has 9 rings (SSSR count). The molecular formula is C49H37N. The maximum absolute atomic E-state index is 2.41. The minimum atomic E-state index is 1.12. The van der Waals surface area contributed by atoms with Gasteiger partial charge in [-0.15, -0.1) is 0 Å². The molecule has 0 spiro atoms. The molecule has 0 atom stereocenters. The first kappa shape index (κ1) is 29.9. The summed E-state index contributed by atoms with van der Waals surface area (Å²) in [6.07, 6.45) is 2.32. The third-order valence-electron chi connectivity index (χ3n) is 10.2. The molecule has 1 nitrogen and oxygen atoms in total. The van der Waals surface area contributed by atoms with Crippen LogP contribution in [0.25, 0.3) is 54.7 Å². The Morgan fingerprint density at radius 3 is 1.40 bits per heavy atom. The van der Waals surface area contributed by atoms with Crippen LogP contribution in [-0.2, 0) is 0 Å². The van der Waals surface area contributed by atoms with E-state index >= 15 is 0 Å². The summed E-state index contributed by atoms with van der Waals surface area (Å²) in [7, 11) is 0. The van der Waals surface area contributed by atoms with Gasteiger partial charge in [-0.1, -0.05) is 150 Å². The largest absolute Gasteiger partial charge is 0.310 e. The topological polar surface area (TPSA) is 3.24 Å². The fourth-order valence-corrected chi connectivity index (χ4v) is 7.63. The fourth-order valence-electron chi connectivity index (χ4n) is 7.63. The van der Waals surface area contributed by atoms with E-state index < -0.39 is 0 Å². The molecule has 0 radical (unpaired) electrons. The van der Waals surface area contributed by atoms with Crippen LogP contribution in [0.2, 0.25) is 0 Å². The van der Waals surface area contributed by atoms with Crippen molar-refractivity contribution in [3.05, 3.63) is 197 Å².